The highest BCUT2D eigenvalue weighted by molar-refractivity contribution is 7.19. The van der Waals surface area contributed by atoms with Crippen LogP contribution in [0.4, 0.5) is 0 Å². The second kappa shape index (κ2) is 3.27. The van der Waals surface area contributed by atoms with Gasteiger partial charge in [-0.2, -0.15) is 0 Å². The van der Waals surface area contributed by atoms with E-state index in [1.165, 1.54) is 28.7 Å². The van der Waals surface area contributed by atoms with E-state index in [9.17, 15) is 9.59 Å². The smallest absolute Gasteiger partial charge is 0.258 e. The zero-order chi connectivity index (χ0) is 11.2. The van der Waals surface area contributed by atoms with Crippen molar-refractivity contribution in [2.24, 2.45) is 0 Å². The van der Waals surface area contributed by atoms with Gasteiger partial charge in [0.05, 0.1) is 4.88 Å². The Labute approximate surface area is 90.2 Å². The fraction of sp³-hybridized carbons (Fsp3) is 0.300. The van der Waals surface area contributed by atoms with E-state index >= 15 is 0 Å². The molecule has 5 heteroatoms. The largest absolute Gasteiger partial charge is 0.294 e. The summed E-state index contributed by atoms with van der Waals surface area (Å²) in [7, 11) is 0. The first-order valence-corrected chi connectivity index (χ1v) is 5.33. The highest BCUT2D eigenvalue weighted by atomic mass is 32.1. The maximum Gasteiger partial charge on any atom is 0.258 e. The third-order valence-electron chi connectivity index (χ3n) is 2.19. The molecule has 0 bridgehead atoms. The summed E-state index contributed by atoms with van der Waals surface area (Å²) < 4.78 is 1.48. The number of carbonyl (C=O) groups is 1. The minimum Gasteiger partial charge on any atom is -0.294 e. The fourth-order valence-corrected chi connectivity index (χ4v) is 2.61. The van der Waals surface area contributed by atoms with E-state index in [1.54, 1.807) is 13.8 Å². The van der Waals surface area contributed by atoms with Crippen molar-refractivity contribution < 1.29 is 4.79 Å². The molecule has 0 saturated heterocycles. The van der Waals surface area contributed by atoms with Crippen molar-refractivity contribution in [2.45, 2.75) is 20.8 Å². The number of aromatic nitrogens is 2. The SMILES string of the molecule is CC(=O)c1sc2nc(C)cc(=O)n2c1C. The molecule has 0 aliphatic carbocycles. The normalized spacial score (nSPS) is 10.9. The molecular formula is C10H10N2O2S. The van der Waals surface area contributed by atoms with Crippen molar-refractivity contribution >= 4 is 22.1 Å². The molecule has 2 aromatic rings. The Kier molecular flexibility index (Phi) is 2.19. The summed E-state index contributed by atoms with van der Waals surface area (Å²) in [4.78, 5) is 28.4. The molecule has 0 radical (unpaired) electrons. The van der Waals surface area contributed by atoms with Crippen LogP contribution in [0.1, 0.15) is 28.0 Å². The predicted molar refractivity (Wildman–Crippen MR) is 58.8 cm³/mol. The molecule has 0 unspecified atom stereocenters. The van der Waals surface area contributed by atoms with Gasteiger partial charge in [-0.25, -0.2) is 4.98 Å². The lowest BCUT2D eigenvalue weighted by atomic mass is 10.3. The van der Waals surface area contributed by atoms with Crippen molar-refractivity contribution in [3.05, 3.63) is 32.7 Å². The van der Waals surface area contributed by atoms with Crippen LogP contribution in [0.2, 0.25) is 0 Å². The third kappa shape index (κ3) is 1.48. The van der Waals surface area contributed by atoms with E-state index in [0.29, 0.717) is 21.2 Å². The molecule has 4 nitrogen and oxygen atoms in total. The van der Waals surface area contributed by atoms with Gasteiger partial charge in [-0.15, -0.1) is 0 Å². The van der Waals surface area contributed by atoms with Gasteiger partial charge in [0.2, 0.25) is 0 Å². The molecule has 0 aromatic carbocycles. The van der Waals surface area contributed by atoms with Gasteiger partial charge in [0.25, 0.3) is 5.56 Å². The Morgan fingerprint density at radius 2 is 2.13 bits per heavy atom. The lowest BCUT2D eigenvalue weighted by Gasteiger charge is -1.95. The van der Waals surface area contributed by atoms with Gasteiger partial charge in [-0.1, -0.05) is 11.3 Å². The van der Waals surface area contributed by atoms with Gasteiger partial charge in [0.1, 0.15) is 0 Å². The van der Waals surface area contributed by atoms with Gasteiger partial charge in [0, 0.05) is 24.4 Å². The van der Waals surface area contributed by atoms with Crippen LogP contribution in [0.25, 0.3) is 4.96 Å². The van der Waals surface area contributed by atoms with Crippen LogP contribution in [0.3, 0.4) is 0 Å². The lowest BCUT2D eigenvalue weighted by molar-refractivity contribution is 0.102. The maximum absolute atomic E-state index is 11.7. The zero-order valence-electron chi connectivity index (χ0n) is 8.70. The Bertz CT molecular complexity index is 610. The third-order valence-corrected chi connectivity index (χ3v) is 3.44. The second-order valence-electron chi connectivity index (χ2n) is 3.43. The van der Waals surface area contributed by atoms with E-state index in [-0.39, 0.29) is 11.3 Å². The maximum atomic E-state index is 11.7. The molecule has 0 atom stereocenters. The van der Waals surface area contributed by atoms with E-state index in [2.05, 4.69) is 4.98 Å². The van der Waals surface area contributed by atoms with Crippen LogP contribution < -0.4 is 5.56 Å². The Morgan fingerprint density at radius 3 is 2.73 bits per heavy atom. The molecular weight excluding hydrogens is 212 g/mol. The van der Waals surface area contributed by atoms with E-state index < -0.39 is 0 Å². The van der Waals surface area contributed by atoms with Crippen LogP contribution in [0, 0.1) is 13.8 Å². The Morgan fingerprint density at radius 1 is 1.47 bits per heavy atom. The van der Waals surface area contributed by atoms with Crippen LogP contribution >= 0.6 is 11.3 Å². The first-order valence-electron chi connectivity index (χ1n) is 4.51. The molecule has 15 heavy (non-hydrogen) atoms. The standard InChI is InChI=1S/C10H10N2O2S/c1-5-4-8(14)12-6(2)9(7(3)13)15-10(12)11-5/h4H,1-3H3. The van der Waals surface area contributed by atoms with E-state index in [0.717, 1.165) is 0 Å². The molecule has 2 aromatic heterocycles. The van der Waals surface area contributed by atoms with Crippen molar-refractivity contribution in [3.63, 3.8) is 0 Å². The van der Waals surface area contributed by atoms with Gasteiger partial charge in [-0.3, -0.25) is 14.0 Å². The molecule has 0 aliphatic rings. The minimum atomic E-state index is -0.126. The van der Waals surface area contributed by atoms with Crippen molar-refractivity contribution in [2.75, 3.05) is 0 Å². The molecule has 0 fully saturated rings. The number of hydrogen-bond donors (Lipinski definition) is 0. The average molecular weight is 222 g/mol. The quantitative estimate of drug-likeness (QED) is 0.688. The van der Waals surface area contributed by atoms with Crippen LogP contribution in [0.15, 0.2) is 10.9 Å². The number of ketones is 1. The number of rotatable bonds is 1. The Balaban J connectivity index is 2.94. The van der Waals surface area contributed by atoms with Crippen LogP contribution in [0.5, 0.6) is 0 Å². The summed E-state index contributed by atoms with van der Waals surface area (Å²) in [6.07, 6.45) is 0. The molecule has 0 spiro atoms. The second-order valence-corrected chi connectivity index (χ2v) is 4.40. The summed E-state index contributed by atoms with van der Waals surface area (Å²) in [6, 6.07) is 1.47. The molecule has 0 aliphatic heterocycles. The number of thiazole rings is 1. The first-order chi connectivity index (χ1) is 7.00. The van der Waals surface area contributed by atoms with Crippen LogP contribution in [-0.2, 0) is 0 Å². The molecule has 0 amide bonds. The first kappa shape index (κ1) is 10.0. The summed E-state index contributed by atoms with van der Waals surface area (Å²) in [6.45, 7) is 5.03. The number of hydrogen-bond acceptors (Lipinski definition) is 4. The number of fused-ring (bicyclic) bond motifs is 1. The number of aryl methyl sites for hydroxylation is 2. The number of carbonyl (C=O) groups excluding carboxylic acids is 1. The predicted octanol–water partition coefficient (Wildman–Crippen LogP) is 1.58. The van der Waals surface area contributed by atoms with E-state index in [4.69, 9.17) is 0 Å². The summed E-state index contributed by atoms with van der Waals surface area (Å²) >= 11 is 1.26. The minimum absolute atomic E-state index is 0.0277. The van der Waals surface area contributed by atoms with Crippen molar-refractivity contribution in [1.29, 1.82) is 0 Å². The number of Topliss-reactive ketones (excluding diaryl/α,β-unsaturated/α-hetero) is 1. The fourth-order valence-electron chi connectivity index (χ4n) is 1.54. The van der Waals surface area contributed by atoms with E-state index in [1.807, 2.05) is 0 Å². The van der Waals surface area contributed by atoms with Crippen LogP contribution in [-0.4, -0.2) is 15.2 Å². The highest BCUT2D eigenvalue weighted by Gasteiger charge is 2.14. The monoisotopic (exact) mass is 222 g/mol. The molecule has 2 heterocycles. The van der Waals surface area contributed by atoms with Gasteiger partial charge in [0.15, 0.2) is 10.7 Å². The zero-order valence-corrected chi connectivity index (χ0v) is 9.51. The summed E-state index contributed by atoms with van der Waals surface area (Å²) in [5.74, 6) is -0.0277. The van der Waals surface area contributed by atoms with Gasteiger partial charge in [-0.05, 0) is 13.8 Å². The van der Waals surface area contributed by atoms with Crippen molar-refractivity contribution in [3.8, 4) is 0 Å². The topological polar surface area (TPSA) is 51.4 Å². The molecule has 0 saturated carbocycles. The molecule has 2 rings (SSSR count). The van der Waals surface area contributed by atoms with Crippen molar-refractivity contribution in [1.82, 2.24) is 9.38 Å². The lowest BCUT2D eigenvalue weighted by Crippen LogP contribution is -2.14. The molecule has 0 N–H and O–H groups in total. The summed E-state index contributed by atoms with van der Waals surface area (Å²) in [5, 5.41) is 0. The van der Waals surface area contributed by atoms with Gasteiger partial charge < -0.3 is 0 Å². The Hall–Kier alpha value is -1.49. The average Bonchev–Trinajstić information content (AvgIpc) is 2.42. The van der Waals surface area contributed by atoms with Gasteiger partial charge >= 0.3 is 0 Å². The molecule has 78 valence electrons. The number of nitrogens with zero attached hydrogens (tertiary/aromatic N) is 2. The summed E-state index contributed by atoms with van der Waals surface area (Å²) in [5.41, 5.74) is 1.23. The highest BCUT2D eigenvalue weighted by Crippen LogP contribution is 2.20.